The van der Waals surface area contributed by atoms with Crippen LogP contribution >= 0.6 is 12.4 Å². The molecule has 2 heterocycles. The van der Waals surface area contributed by atoms with Crippen molar-refractivity contribution in [3.8, 4) is 0 Å². The summed E-state index contributed by atoms with van der Waals surface area (Å²) in [6.45, 7) is 3.34. The molecule has 0 atom stereocenters. The lowest BCUT2D eigenvalue weighted by Gasteiger charge is -2.16. The molecule has 0 spiro atoms. The Balaban J connectivity index is 0.00000161. The maximum Gasteiger partial charge on any atom is 0.254 e. The van der Waals surface area contributed by atoms with Crippen molar-refractivity contribution in [2.75, 3.05) is 18.9 Å². The first-order valence-electron chi connectivity index (χ1n) is 6.81. The number of rotatable bonds is 3. The molecule has 0 radical (unpaired) electrons. The zero-order valence-corrected chi connectivity index (χ0v) is 13.0. The number of furan rings is 1. The summed E-state index contributed by atoms with van der Waals surface area (Å²) in [5.41, 5.74) is 3.10. The molecule has 1 N–H and O–H groups in total. The Labute approximate surface area is 130 Å². The Morgan fingerprint density at radius 2 is 2.14 bits per heavy atom. The van der Waals surface area contributed by atoms with Gasteiger partial charge < -0.3 is 14.6 Å². The van der Waals surface area contributed by atoms with E-state index in [1.165, 1.54) is 5.56 Å². The average molecular weight is 307 g/mol. The standard InChI is InChI=1S/C16H18N2O2.ClH/c1-11-3-5-14(20-11)10-18(2)16(19)13-4-6-15-12(9-13)7-8-17-15;/h3-6,9,17H,7-8,10H2,1-2H3;1H. The van der Waals surface area contributed by atoms with Gasteiger partial charge in [-0.1, -0.05) is 0 Å². The van der Waals surface area contributed by atoms with Crippen molar-refractivity contribution in [1.82, 2.24) is 4.90 Å². The molecule has 0 bridgehead atoms. The predicted octanol–water partition coefficient (Wildman–Crippen LogP) is 3.25. The third-order valence-electron chi connectivity index (χ3n) is 3.60. The number of halogens is 1. The van der Waals surface area contributed by atoms with Crippen molar-refractivity contribution in [1.29, 1.82) is 0 Å². The SMILES string of the molecule is Cc1ccc(CN(C)C(=O)c2ccc3c(c2)CCN3)o1.Cl. The summed E-state index contributed by atoms with van der Waals surface area (Å²) < 4.78 is 5.51. The van der Waals surface area contributed by atoms with E-state index in [-0.39, 0.29) is 18.3 Å². The first kappa shape index (κ1) is 15.4. The van der Waals surface area contributed by atoms with Crippen LogP contribution in [-0.2, 0) is 13.0 Å². The van der Waals surface area contributed by atoms with Crippen molar-refractivity contribution in [2.45, 2.75) is 19.9 Å². The van der Waals surface area contributed by atoms with Crippen LogP contribution in [0, 0.1) is 6.92 Å². The summed E-state index contributed by atoms with van der Waals surface area (Å²) in [7, 11) is 1.80. The van der Waals surface area contributed by atoms with Crippen molar-refractivity contribution < 1.29 is 9.21 Å². The number of hydrogen-bond donors (Lipinski definition) is 1. The molecule has 2 aromatic rings. The van der Waals surface area contributed by atoms with Crippen molar-refractivity contribution in [3.05, 3.63) is 53.0 Å². The highest BCUT2D eigenvalue weighted by molar-refractivity contribution is 5.94. The first-order chi connectivity index (χ1) is 9.63. The lowest BCUT2D eigenvalue weighted by molar-refractivity contribution is 0.0775. The van der Waals surface area contributed by atoms with E-state index in [4.69, 9.17) is 4.42 Å². The molecule has 1 aromatic heterocycles. The molecule has 1 aromatic carbocycles. The average Bonchev–Trinajstić information content (AvgIpc) is 3.05. The van der Waals surface area contributed by atoms with Crippen LogP contribution in [0.15, 0.2) is 34.7 Å². The smallest absolute Gasteiger partial charge is 0.254 e. The van der Waals surface area contributed by atoms with Gasteiger partial charge in [0.05, 0.1) is 6.54 Å². The molecule has 112 valence electrons. The highest BCUT2D eigenvalue weighted by Crippen LogP contribution is 2.23. The van der Waals surface area contributed by atoms with Gasteiger partial charge in [0, 0.05) is 24.8 Å². The normalized spacial score (nSPS) is 12.3. The van der Waals surface area contributed by atoms with E-state index in [1.807, 2.05) is 37.3 Å². The fourth-order valence-electron chi connectivity index (χ4n) is 2.53. The molecule has 0 fully saturated rings. The summed E-state index contributed by atoms with van der Waals surface area (Å²) in [6, 6.07) is 9.67. The van der Waals surface area contributed by atoms with Crippen LogP contribution in [-0.4, -0.2) is 24.4 Å². The van der Waals surface area contributed by atoms with Gasteiger partial charge in [0.15, 0.2) is 0 Å². The Hall–Kier alpha value is -1.94. The maximum absolute atomic E-state index is 12.4. The van der Waals surface area contributed by atoms with Gasteiger partial charge in [-0.05, 0) is 49.2 Å². The molecule has 21 heavy (non-hydrogen) atoms. The Morgan fingerprint density at radius 3 is 2.86 bits per heavy atom. The van der Waals surface area contributed by atoms with E-state index in [0.29, 0.717) is 6.54 Å². The van der Waals surface area contributed by atoms with Crippen LogP contribution in [0.1, 0.15) is 27.4 Å². The second-order valence-electron chi connectivity index (χ2n) is 5.22. The zero-order valence-electron chi connectivity index (χ0n) is 12.2. The second-order valence-corrected chi connectivity index (χ2v) is 5.22. The fourth-order valence-corrected chi connectivity index (χ4v) is 2.53. The quantitative estimate of drug-likeness (QED) is 0.947. The van der Waals surface area contributed by atoms with Crippen molar-refractivity contribution >= 4 is 24.0 Å². The number of nitrogens with one attached hydrogen (secondary N) is 1. The molecular formula is C16H19ClN2O2. The summed E-state index contributed by atoms with van der Waals surface area (Å²) in [5.74, 6) is 1.69. The number of fused-ring (bicyclic) bond motifs is 1. The van der Waals surface area contributed by atoms with E-state index >= 15 is 0 Å². The fraction of sp³-hybridized carbons (Fsp3) is 0.312. The van der Waals surface area contributed by atoms with Crippen LogP contribution in [0.25, 0.3) is 0 Å². The van der Waals surface area contributed by atoms with Crippen LogP contribution in [0.2, 0.25) is 0 Å². The lowest BCUT2D eigenvalue weighted by Crippen LogP contribution is -2.26. The second kappa shape index (κ2) is 6.22. The van der Waals surface area contributed by atoms with E-state index < -0.39 is 0 Å². The monoisotopic (exact) mass is 306 g/mol. The summed E-state index contributed by atoms with van der Waals surface area (Å²) in [4.78, 5) is 14.1. The van der Waals surface area contributed by atoms with Crippen LogP contribution < -0.4 is 5.32 Å². The molecule has 4 nitrogen and oxygen atoms in total. The van der Waals surface area contributed by atoms with Crippen molar-refractivity contribution in [3.63, 3.8) is 0 Å². The van der Waals surface area contributed by atoms with Gasteiger partial charge in [-0.3, -0.25) is 4.79 Å². The minimum Gasteiger partial charge on any atom is -0.464 e. The Bertz CT molecular complexity index is 651. The van der Waals surface area contributed by atoms with E-state index in [9.17, 15) is 4.79 Å². The van der Waals surface area contributed by atoms with E-state index in [1.54, 1.807) is 11.9 Å². The summed E-state index contributed by atoms with van der Waals surface area (Å²) in [5, 5.41) is 3.30. The van der Waals surface area contributed by atoms with Crippen molar-refractivity contribution in [2.24, 2.45) is 0 Å². The molecule has 0 saturated heterocycles. The zero-order chi connectivity index (χ0) is 14.1. The number of carbonyl (C=O) groups excluding carboxylic acids is 1. The number of hydrogen-bond acceptors (Lipinski definition) is 3. The van der Waals surface area contributed by atoms with Gasteiger partial charge in [0.2, 0.25) is 0 Å². The number of anilines is 1. The predicted molar refractivity (Wildman–Crippen MR) is 85.1 cm³/mol. The van der Waals surface area contributed by atoms with Gasteiger partial charge in [-0.25, -0.2) is 0 Å². The number of amides is 1. The number of benzene rings is 1. The van der Waals surface area contributed by atoms with Crippen LogP contribution in [0.5, 0.6) is 0 Å². The number of carbonyl (C=O) groups is 1. The third kappa shape index (κ3) is 3.22. The molecular weight excluding hydrogens is 288 g/mol. The van der Waals surface area contributed by atoms with E-state index in [2.05, 4.69) is 5.32 Å². The number of nitrogens with zero attached hydrogens (tertiary/aromatic N) is 1. The topological polar surface area (TPSA) is 45.5 Å². The maximum atomic E-state index is 12.4. The molecule has 0 saturated carbocycles. The van der Waals surface area contributed by atoms with Gasteiger partial charge in [-0.2, -0.15) is 0 Å². The lowest BCUT2D eigenvalue weighted by atomic mass is 10.1. The highest BCUT2D eigenvalue weighted by Gasteiger charge is 2.17. The molecule has 5 heteroatoms. The largest absolute Gasteiger partial charge is 0.464 e. The van der Waals surface area contributed by atoms with Gasteiger partial charge in [0.1, 0.15) is 11.5 Å². The Morgan fingerprint density at radius 1 is 1.33 bits per heavy atom. The third-order valence-corrected chi connectivity index (χ3v) is 3.60. The molecule has 3 rings (SSSR count). The van der Waals surface area contributed by atoms with E-state index in [0.717, 1.165) is 35.7 Å². The molecule has 1 aliphatic heterocycles. The van der Waals surface area contributed by atoms with Gasteiger partial charge in [-0.15, -0.1) is 12.4 Å². The summed E-state index contributed by atoms with van der Waals surface area (Å²) >= 11 is 0. The molecule has 1 amide bonds. The molecule has 0 unspecified atom stereocenters. The minimum absolute atomic E-state index is 0. The minimum atomic E-state index is 0. The van der Waals surface area contributed by atoms with Crippen LogP contribution in [0.3, 0.4) is 0 Å². The first-order valence-corrected chi connectivity index (χ1v) is 6.81. The summed E-state index contributed by atoms with van der Waals surface area (Å²) in [6.07, 6.45) is 0.984. The number of aryl methyl sites for hydroxylation is 1. The molecule has 0 aliphatic carbocycles. The van der Waals surface area contributed by atoms with Gasteiger partial charge >= 0.3 is 0 Å². The Kier molecular flexibility index (Phi) is 4.58. The molecule has 1 aliphatic rings. The van der Waals surface area contributed by atoms with Crippen LogP contribution in [0.4, 0.5) is 5.69 Å². The highest BCUT2D eigenvalue weighted by atomic mass is 35.5. The van der Waals surface area contributed by atoms with Gasteiger partial charge in [0.25, 0.3) is 5.91 Å².